The normalized spacial score (nSPS) is 28.8. The maximum absolute atomic E-state index is 11.7. The summed E-state index contributed by atoms with van der Waals surface area (Å²) in [5.41, 5.74) is 0. The lowest BCUT2D eigenvalue weighted by Crippen LogP contribution is -2.44. The molecule has 1 rings (SSSR count). The number of nitrogens with one attached hydrogen (secondary N) is 2. The van der Waals surface area contributed by atoms with Gasteiger partial charge >= 0.3 is 0 Å². The molecule has 0 bridgehead atoms. The van der Waals surface area contributed by atoms with E-state index in [1.54, 1.807) is 0 Å². The van der Waals surface area contributed by atoms with Crippen LogP contribution in [0.1, 0.15) is 40.0 Å². The first-order chi connectivity index (χ1) is 6.63. The van der Waals surface area contributed by atoms with Crippen molar-refractivity contribution in [1.29, 1.82) is 0 Å². The first-order valence-corrected chi connectivity index (χ1v) is 5.67. The van der Waals surface area contributed by atoms with Gasteiger partial charge in [-0.2, -0.15) is 0 Å². The van der Waals surface area contributed by atoms with E-state index < -0.39 is 0 Å². The average molecular weight is 198 g/mol. The molecule has 0 aromatic rings. The van der Waals surface area contributed by atoms with Gasteiger partial charge in [0.05, 0.1) is 6.04 Å². The van der Waals surface area contributed by atoms with Gasteiger partial charge in [0.15, 0.2) is 0 Å². The molecule has 1 heterocycles. The molecule has 0 aliphatic carbocycles. The highest BCUT2D eigenvalue weighted by Gasteiger charge is 2.27. The van der Waals surface area contributed by atoms with Gasteiger partial charge in [0.1, 0.15) is 0 Å². The molecule has 0 aromatic carbocycles. The van der Waals surface area contributed by atoms with Crippen LogP contribution in [0, 0.1) is 5.92 Å². The molecule has 0 spiro atoms. The minimum absolute atomic E-state index is 0.0457. The summed E-state index contributed by atoms with van der Waals surface area (Å²) in [5.74, 6) is 0.808. The van der Waals surface area contributed by atoms with Crippen LogP contribution in [0.4, 0.5) is 0 Å². The van der Waals surface area contributed by atoms with Crippen LogP contribution in [-0.2, 0) is 4.79 Å². The Hall–Kier alpha value is -0.570. The Bertz CT molecular complexity index is 194. The van der Waals surface area contributed by atoms with Gasteiger partial charge in [-0.3, -0.25) is 4.79 Å². The highest BCUT2D eigenvalue weighted by Crippen LogP contribution is 2.12. The molecular weight excluding hydrogens is 176 g/mol. The van der Waals surface area contributed by atoms with E-state index in [0.717, 1.165) is 25.8 Å². The lowest BCUT2D eigenvalue weighted by atomic mass is 10.1. The summed E-state index contributed by atoms with van der Waals surface area (Å²) in [6.07, 6.45) is 3.16. The summed E-state index contributed by atoms with van der Waals surface area (Å²) in [6.45, 7) is 7.36. The summed E-state index contributed by atoms with van der Waals surface area (Å²) in [4.78, 5) is 11.7. The van der Waals surface area contributed by atoms with Crippen molar-refractivity contribution in [1.82, 2.24) is 10.6 Å². The Morgan fingerprint density at radius 2 is 2.36 bits per heavy atom. The van der Waals surface area contributed by atoms with Crippen molar-refractivity contribution < 1.29 is 4.79 Å². The second-order valence-corrected chi connectivity index (χ2v) is 4.50. The molecular formula is C11H22N2O. The van der Waals surface area contributed by atoms with Gasteiger partial charge in [0.2, 0.25) is 5.91 Å². The Morgan fingerprint density at radius 1 is 1.64 bits per heavy atom. The zero-order chi connectivity index (χ0) is 10.6. The van der Waals surface area contributed by atoms with E-state index in [1.807, 2.05) is 0 Å². The number of amides is 1. The second kappa shape index (κ2) is 5.35. The molecule has 82 valence electrons. The Labute approximate surface area is 86.6 Å². The molecule has 3 atom stereocenters. The molecule has 3 nitrogen and oxygen atoms in total. The SMILES string of the molecule is CCCC(C)NC(=O)C1CC(C)CN1. The van der Waals surface area contributed by atoms with Gasteiger partial charge < -0.3 is 10.6 Å². The predicted molar refractivity (Wildman–Crippen MR) is 58.1 cm³/mol. The minimum atomic E-state index is 0.0457. The molecule has 14 heavy (non-hydrogen) atoms. The molecule has 3 unspecified atom stereocenters. The van der Waals surface area contributed by atoms with Crippen LogP contribution in [0.3, 0.4) is 0 Å². The number of hydrogen-bond acceptors (Lipinski definition) is 2. The average Bonchev–Trinajstić information content (AvgIpc) is 2.52. The lowest BCUT2D eigenvalue weighted by molar-refractivity contribution is -0.123. The third kappa shape index (κ3) is 3.29. The van der Waals surface area contributed by atoms with Crippen LogP contribution in [-0.4, -0.2) is 24.5 Å². The van der Waals surface area contributed by atoms with E-state index in [4.69, 9.17) is 0 Å². The molecule has 0 saturated carbocycles. The van der Waals surface area contributed by atoms with Crippen LogP contribution in [0.5, 0.6) is 0 Å². The van der Waals surface area contributed by atoms with E-state index in [1.165, 1.54) is 0 Å². The summed E-state index contributed by atoms with van der Waals surface area (Å²) in [6, 6.07) is 0.356. The van der Waals surface area contributed by atoms with Gasteiger partial charge in [-0.05, 0) is 32.2 Å². The fourth-order valence-electron chi connectivity index (χ4n) is 1.96. The van der Waals surface area contributed by atoms with Crippen molar-refractivity contribution in [3.8, 4) is 0 Å². The zero-order valence-electron chi connectivity index (χ0n) is 9.47. The molecule has 3 heteroatoms. The van der Waals surface area contributed by atoms with Crippen molar-refractivity contribution in [3.05, 3.63) is 0 Å². The first-order valence-electron chi connectivity index (χ1n) is 5.67. The van der Waals surface area contributed by atoms with Crippen molar-refractivity contribution in [2.75, 3.05) is 6.54 Å². The largest absolute Gasteiger partial charge is 0.352 e. The third-order valence-corrected chi connectivity index (χ3v) is 2.78. The van der Waals surface area contributed by atoms with Crippen LogP contribution in [0.2, 0.25) is 0 Å². The molecule has 2 N–H and O–H groups in total. The molecule has 1 saturated heterocycles. The number of rotatable bonds is 4. The van der Waals surface area contributed by atoms with Gasteiger partial charge in [-0.1, -0.05) is 20.3 Å². The van der Waals surface area contributed by atoms with E-state index in [9.17, 15) is 4.79 Å². The molecule has 1 fully saturated rings. The van der Waals surface area contributed by atoms with Gasteiger partial charge in [0.25, 0.3) is 0 Å². The highest BCUT2D eigenvalue weighted by molar-refractivity contribution is 5.82. The van der Waals surface area contributed by atoms with Gasteiger partial charge in [-0.25, -0.2) is 0 Å². The topological polar surface area (TPSA) is 41.1 Å². The maximum Gasteiger partial charge on any atom is 0.237 e. The summed E-state index contributed by atoms with van der Waals surface area (Å²) in [7, 11) is 0. The van der Waals surface area contributed by atoms with Crippen LogP contribution < -0.4 is 10.6 Å². The fourth-order valence-corrected chi connectivity index (χ4v) is 1.96. The van der Waals surface area contributed by atoms with Crippen molar-refractivity contribution in [2.45, 2.75) is 52.1 Å². The number of hydrogen-bond donors (Lipinski definition) is 2. The standard InChI is InChI=1S/C11H22N2O/c1-4-5-9(3)13-11(14)10-6-8(2)7-12-10/h8-10,12H,4-7H2,1-3H3,(H,13,14). The molecule has 1 aliphatic rings. The maximum atomic E-state index is 11.7. The third-order valence-electron chi connectivity index (χ3n) is 2.78. The van der Waals surface area contributed by atoms with Gasteiger partial charge in [0, 0.05) is 6.04 Å². The Balaban J connectivity index is 2.27. The van der Waals surface area contributed by atoms with Crippen molar-refractivity contribution in [3.63, 3.8) is 0 Å². The molecule has 0 aromatic heterocycles. The van der Waals surface area contributed by atoms with E-state index in [2.05, 4.69) is 31.4 Å². The molecule has 0 radical (unpaired) electrons. The van der Waals surface area contributed by atoms with Crippen LogP contribution in [0.15, 0.2) is 0 Å². The summed E-state index contributed by atoms with van der Waals surface area (Å²) in [5, 5.41) is 6.28. The smallest absolute Gasteiger partial charge is 0.237 e. The monoisotopic (exact) mass is 198 g/mol. The predicted octanol–water partition coefficient (Wildman–Crippen LogP) is 1.29. The highest BCUT2D eigenvalue weighted by atomic mass is 16.2. The lowest BCUT2D eigenvalue weighted by Gasteiger charge is -2.16. The van der Waals surface area contributed by atoms with Crippen molar-refractivity contribution >= 4 is 5.91 Å². The summed E-state index contributed by atoms with van der Waals surface area (Å²) < 4.78 is 0. The first kappa shape index (κ1) is 11.5. The second-order valence-electron chi connectivity index (χ2n) is 4.50. The van der Waals surface area contributed by atoms with Crippen LogP contribution in [0.25, 0.3) is 0 Å². The quantitative estimate of drug-likeness (QED) is 0.714. The van der Waals surface area contributed by atoms with Crippen LogP contribution >= 0.6 is 0 Å². The Kier molecular flexibility index (Phi) is 4.39. The molecule has 1 aliphatic heterocycles. The summed E-state index contributed by atoms with van der Waals surface area (Å²) >= 11 is 0. The number of carbonyl (C=O) groups is 1. The van der Waals surface area contributed by atoms with Crippen molar-refractivity contribution in [2.24, 2.45) is 5.92 Å². The number of carbonyl (C=O) groups excluding carboxylic acids is 1. The van der Waals surface area contributed by atoms with E-state index in [0.29, 0.717) is 12.0 Å². The fraction of sp³-hybridized carbons (Fsp3) is 0.909. The van der Waals surface area contributed by atoms with Gasteiger partial charge in [-0.15, -0.1) is 0 Å². The Morgan fingerprint density at radius 3 is 2.86 bits per heavy atom. The molecule has 1 amide bonds. The van der Waals surface area contributed by atoms with E-state index in [-0.39, 0.29) is 11.9 Å². The zero-order valence-corrected chi connectivity index (χ0v) is 9.47. The van der Waals surface area contributed by atoms with E-state index >= 15 is 0 Å². The minimum Gasteiger partial charge on any atom is -0.352 e.